The van der Waals surface area contributed by atoms with Gasteiger partial charge in [0.15, 0.2) is 0 Å². The smallest absolute Gasteiger partial charge is 0.249 e. The molecule has 3 aromatic carbocycles. The summed E-state index contributed by atoms with van der Waals surface area (Å²) in [6.45, 7) is 8.43. The highest BCUT2D eigenvalue weighted by atomic mass is 16.5. The fourth-order valence-corrected chi connectivity index (χ4v) is 7.95. The highest BCUT2D eigenvalue weighted by Gasteiger charge is 2.32. The number of nitrogens with one attached hydrogen (secondary N) is 2. The number of piperazine rings is 1. The molecule has 3 amide bonds. The molecule has 7 rings (SSSR count). The summed E-state index contributed by atoms with van der Waals surface area (Å²) < 4.78 is 6.35. The molecule has 4 aliphatic heterocycles. The summed E-state index contributed by atoms with van der Waals surface area (Å²) in [6, 6.07) is 24.0. The van der Waals surface area contributed by atoms with Crippen LogP contribution in [-0.4, -0.2) is 103 Å². The average molecular weight is 748 g/mol. The first-order chi connectivity index (χ1) is 26.6. The lowest BCUT2D eigenvalue weighted by molar-refractivity contribution is -0.134. The van der Waals surface area contributed by atoms with Crippen LogP contribution in [0.2, 0.25) is 0 Å². The molecule has 3 aromatic rings. The molecule has 1 atom stereocenters. The molecule has 4 fully saturated rings. The average Bonchev–Trinajstić information content (AvgIpc) is 3.17. The number of allylic oxidation sites excluding steroid dienone is 1. The lowest BCUT2D eigenvalue weighted by atomic mass is 9.89. The summed E-state index contributed by atoms with van der Waals surface area (Å²) in [7, 11) is 0. The number of imide groups is 1. The Labute approximate surface area is 323 Å². The first-order valence-corrected chi connectivity index (χ1v) is 19.3. The van der Waals surface area contributed by atoms with Crippen LogP contribution in [0.3, 0.4) is 0 Å². The van der Waals surface area contributed by atoms with Gasteiger partial charge in [0.25, 0.3) is 0 Å². The first kappa shape index (κ1) is 37.6. The molecule has 4 aliphatic rings. The molecule has 0 aliphatic carbocycles. The number of amides is 3. The van der Waals surface area contributed by atoms with Gasteiger partial charge in [-0.3, -0.25) is 24.6 Å². The number of likely N-dealkylation sites (tertiary alicyclic amines) is 2. The zero-order chi connectivity index (χ0) is 38.5. The van der Waals surface area contributed by atoms with E-state index in [9.17, 15) is 14.4 Å². The van der Waals surface area contributed by atoms with E-state index in [0.29, 0.717) is 62.9 Å². The molecule has 55 heavy (non-hydrogen) atoms. The van der Waals surface area contributed by atoms with Gasteiger partial charge in [-0.05, 0) is 86.7 Å². The summed E-state index contributed by atoms with van der Waals surface area (Å²) >= 11 is 0. The van der Waals surface area contributed by atoms with Crippen molar-refractivity contribution in [1.82, 2.24) is 20.0 Å². The largest absolute Gasteiger partial charge is 0.487 e. The van der Waals surface area contributed by atoms with E-state index in [0.717, 1.165) is 67.3 Å². The van der Waals surface area contributed by atoms with Crippen molar-refractivity contribution in [3.8, 4) is 5.75 Å². The van der Waals surface area contributed by atoms with Crippen LogP contribution in [0.5, 0.6) is 5.75 Å². The van der Waals surface area contributed by atoms with Crippen LogP contribution in [0.25, 0.3) is 5.70 Å². The zero-order valence-corrected chi connectivity index (χ0v) is 31.6. The van der Waals surface area contributed by atoms with Gasteiger partial charge in [-0.25, -0.2) is 0 Å². The number of carbonyl (C=O) groups is 3. The molecular weight excluding hydrogens is 695 g/mol. The number of anilines is 2. The van der Waals surface area contributed by atoms with Crippen LogP contribution in [0.15, 0.2) is 90.4 Å². The van der Waals surface area contributed by atoms with E-state index in [1.165, 1.54) is 5.56 Å². The molecule has 0 saturated carbocycles. The highest BCUT2D eigenvalue weighted by molar-refractivity contribution is 6.01. The third kappa shape index (κ3) is 9.17. The zero-order valence-electron chi connectivity index (χ0n) is 31.6. The molecule has 0 aromatic heterocycles. The van der Waals surface area contributed by atoms with Crippen molar-refractivity contribution in [2.45, 2.75) is 50.7 Å². The van der Waals surface area contributed by atoms with E-state index in [-0.39, 0.29) is 29.6 Å². The van der Waals surface area contributed by atoms with Crippen molar-refractivity contribution in [2.24, 2.45) is 17.2 Å². The van der Waals surface area contributed by atoms with Gasteiger partial charge in [0.1, 0.15) is 23.7 Å². The minimum Gasteiger partial charge on any atom is -0.487 e. The number of nitrogens with two attached hydrogens (primary N) is 3. The Kier molecular flexibility index (Phi) is 11.5. The van der Waals surface area contributed by atoms with Crippen molar-refractivity contribution < 1.29 is 19.1 Å². The standard InChI is InChI=1S/C42H53N9O4/c1-28-5-2-3-8-35(28)36(43)24-38(41(44)45)51-25-34(26-51)55-33-7-4-6-32(23-33)49-19-21-50(22-20-49)40(53)27-48-17-15-30(16-18-48)29-9-11-31(12-10-29)46-37-13-14-39(52)47-42(37)54/h2-12,23-24,30,34,37,46H,13-22,25-27,43-45H2,1H3,(H,47,52,54)/b36-24-. The second-order valence-electron chi connectivity index (χ2n) is 15.1. The molecule has 290 valence electrons. The monoisotopic (exact) mass is 747 g/mol. The fourth-order valence-electron chi connectivity index (χ4n) is 7.95. The van der Waals surface area contributed by atoms with Crippen molar-refractivity contribution in [2.75, 3.05) is 69.1 Å². The molecule has 13 nitrogen and oxygen atoms in total. The van der Waals surface area contributed by atoms with Crippen LogP contribution in [0, 0.1) is 6.92 Å². The number of hydrogen-bond donors (Lipinski definition) is 5. The summed E-state index contributed by atoms with van der Waals surface area (Å²) in [5, 5.41) is 5.64. The van der Waals surface area contributed by atoms with Crippen molar-refractivity contribution >= 4 is 34.8 Å². The van der Waals surface area contributed by atoms with E-state index in [2.05, 4.69) is 49.6 Å². The first-order valence-electron chi connectivity index (χ1n) is 19.3. The van der Waals surface area contributed by atoms with Crippen LogP contribution in [0.1, 0.15) is 48.3 Å². The number of hydrogen-bond acceptors (Lipinski definition) is 11. The van der Waals surface area contributed by atoms with Crippen LogP contribution >= 0.6 is 0 Å². The molecular formula is C42H53N9O4. The van der Waals surface area contributed by atoms with Crippen molar-refractivity contribution in [3.05, 3.63) is 107 Å². The molecule has 4 saturated heterocycles. The second kappa shape index (κ2) is 16.8. The normalized spacial score (nSPS) is 20.1. The SMILES string of the molecule is Cc1ccccc1/C(N)=C/C(=C(N)N)N1CC(Oc2cccc(N3CCN(C(=O)CN4CCC(c5ccc(NC6CCC(=O)NC6=O)cc5)CC4)CC3)c2)C1. The van der Waals surface area contributed by atoms with E-state index in [4.69, 9.17) is 21.9 Å². The molecule has 0 spiro atoms. The third-order valence-electron chi connectivity index (χ3n) is 11.3. The van der Waals surface area contributed by atoms with Gasteiger partial charge >= 0.3 is 0 Å². The molecule has 0 radical (unpaired) electrons. The lowest BCUT2D eigenvalue weighted by Crippen LogP contribution is -2.53. The summed E-state index contributed by atoms with van der Waals surface area (Å²) in [4.78, 5) is 45.5. The fraction of sp³-hybridized carbons (Fsp3) is 0.405. The van der Waals surface area contributed by atoms with Gasteiger partial charge in [0.2, 0.25) is 17.7 Å². The van der Waals surface area contributed by atoms with Gasteiger partial charge in [0, 0.05) is 61.3 Å². The Morgan fingerprint density at radius 3 is 2.29 bits per heavy atom. The summed E-state index contributed by atoms with van der Waals surface area (Å²) in [6.07, 6.45) is 4.68. The Bertz CT molecular complexity index is 1920. The Morgan fingerprint density at radius 1 is 0.873 bits per heavy atom. The number of nitrogens with zero attached hydrogens (tertiary/aromatic N) is 4. The molecule has 4 heterocycles. The van der Waals surface area contributed by atoms with Crippen molar-refractivity contribution in [3.63, 3.8) is 0 Å². The maximum absolute atomic E-state index is 13.3. The number of piperidine rings is 2. The number of carbonyl (C=O) groups excluding carboxylic acids is 3. The number of benzene rings is 3. The minimum absolute atomic E-state index is 0.00747. The van der Waals surface area contributed by atoms with E-state index in [1.807, 2.05) is 66.4 Å². The molecule has 1 unspecified atom stereocenters. The maximum Gasteiger partial charge on any atom is 0.249 e. The summed E-state index contributed by atoms with van der Waals surface area (Å²) in [5.74, 6) is 1.18. The number of aryl methyl sites for hydroxylation is 1. The highest BCUT2D eigenvalue weighted by Crippen LogP contribution is 2.30. The summed E-state index contributed by atoms with van der Waals surface area (Å²) in [5.41, 5.74) is 25.2. The van der Waals surface area contributed by atoms with Gasteiger partial charge < -0.3 is 42.0 Å². The van der Waals surface area contributed by atoms with Crippen LogP contribution < -0.4 is 37.5 Å². The molecule has 8 N–H and O–H groups in total. The maximum atomic E-state index is 13.3. The van der Waals surface area contributed by atoms with E-state index >= 15 is 0 Å². The minimum atomic E-state index is -0.391. The third-order valence-corrected chi connectivity index (χ3v) is 11.3. The van der Waals surface area contributed by atoms with Gasteiger partial charge in [0.05, 0.1) is 25.3 Å². The second-order valence-corrected chi connectivity index (χ2v) is 15.1. The predicted octanol–water partition coefficient (Wildman–Crippen LogP) is 2.89. The Hall–Kier alpha value is -5.69. The topological polar surface area (TPSA) is 176 Å². The number of rotatable bonds is 11. The lowest BCUT2D eigenvalue weighted by Gasteiger charge is -2.41. The number of ether oxygens (including phenoxy) is 1. The van der Waals surface area contributed by atoms with E-state index < -0.39 is 6.04 Å². The molecule has 13 heteroatoms. The van der Waals surface area contributed by atoms with Crippen molar-refractivity contribution in [1.29, 1.82) is 0 Å². The quantitative estimate of drug-likeness (QED) is 0.144. The predicted molar refractivity (Wildman–Crippen MR) is 215 cm³/mol. The van der Waals surface area contributed by atoms with E-state index in [1.54, 1.807) is 0 Å². The van der Waals surface area contributed by atoms with Gasteiger partial charge in [-0.1, -0.05) is 42.5 Å². The Balaban J connectivity index is 0.829. The van der Waals surface area contributed by atoms with Crippen LogP contribution in [-0.2, 0) is 14.4 Å². The molecule has 0 bridgehead atoms. The van der Waals surface area contributed by atoms with Crippen LogP contribution in [0.4, 0.5) is 11.4 Å². The van der Waals surface area contributed by atoms with Gasteiger partial charge in [-0.15, -0.1) is 0 Å². The Morgan fingerprint density at radius 2 is 1.60 bits per heavy atom. The van der Waals surface area contributed by atoms with Gasteiger partial charge in [-0.2, -0.15) is 0 Å².